The number of ether oxygens (including phenoxy) is 1. The van der Waals surface area contributed by atoms with Gasteiger partial charge in [-0.25, -0.2) is 4.98 Å². The maximum absolute atomic E-state index is 11.0. The molecule has 1 unspecified atom stereocenters. The Morgan fingerprint density at radius 3 is 2.65 bits per heavy atom. The molecule has 7 nitrogen and oxygen atoms in total. The minimum Gasteiger partial charge on any atom is -0.480 e. The number of carboxylic acids is 1. The van der Waals surface area contributed by atoms with Crippen molar-refractivity contribution >= 4 is 23.4 Å². The smallest absolute Gasteiger partial charge is 0.320 e. The van der Waals surface area contributed by atoms with Crippen LogP contribution in [0.2, 0.25) is 5.02 Å². The average molecular weight is 301 g/mol. The highest BCUT2D eigenvalue weighted by molar-refractivity contribution is 6.32. The van der Waals surface area contributed by atoms with Crippen molar-refractivity contribution in [3.8, 4) is 6.01 Å². The van der Waals surface area contributed by atoms with E-state index in [1.165, 1.54) is 13.3 Å². The molecule has 1 atom stereocenters. The van der Waals surface area contributed by atoms with Crippen LogP contribution >= 0.6 is 11.6 Å². The van der Waals surface area contributed by atoms with Crippen LogP contribution in [0.1, 0.15) is 6.92 Å². The lowest BCUT2D eigenvalue weighted by Gasteiger charge is -2.37. The largest absolute Gasteiger partial charge is 0.480 e. The van der Waals surface area contributed by atoms with Gasteiger partial charge in [0.05, 0.1) is 13.3 Å². The van der Waals surface area contributed by atoms with Gasteiger partial charge >= 0.3 is 12.0 Å². The predicted molar refractivity (Wildman–Crippen MR) is 74.5 cm³/mol. The zero-order chi connectivity index (χ0) is 14.7. The molecule has 1 fully saturated rings. The van der Waals surface area contributed by atoms with Crippen molar-refractivity contribution in [1.82, 2.24) is 14.9 Å². The molecular formula is C12H17ClN4O3. The molecule has 0 spiro atoms. The number of hydrogen-bond donors (Lipinski definition) is 1. The SMILES string of the molecule is COc1ncc(Cl)c(N2CCN(C(C)C(=O)O)CC2)n1. The summed E-state index contributed by atoms with van der Waals surface area (Å²) in [5, 5.41) is 9.48. The second-order valence-electron chi connectivity index (χ2n) is 4.57. The number of halogens is 1. The third-order valence-corrected chi connectivity index (χ3v) is 3.67. The summed E-state index contributed by atoms with van der Waals surface area (Å²) in [6, 6.07) is -0.210. The van der Waals surface area contributed by atoms with Gasteiger partial charge in [-0.1, -0.05) is 11.6 Å². The lowest BCUT2D eigenvalue weighted by molar-refractivity contribution is -0.142. The van der Waals surface area contributed by atoms with Crippen LogP contribution in [0.5, 0.6) is 6.01 Å². The van der Waals surface area contributed by atoms with E-state index in [0.29, 0.717) is 37.0 Å². The standard InChI is InChI=1S/C12H17ClN4O3/c1-8(11(18)19)16-3-5-17(6-4-16)10-9(13)7-14-12(15-10)20-2/h7-8H,3-6H2,1-2H3,(H,18,19). The number of aromatic nitrogens is 2. The van der Waals surface area contributed by atoms with E-state index in [9.17, 15) is 4.79 Å². The van der Waals surface area contributed by atoms with Crippen LogP contribution in [-0.2, 0) is 4.79 Å². The van der Waals surface area contributed by atoms with Gasteiger partial charge in [0.1, 0.15) is 11.1 Å². The van der Waals surface area contributed by atoms with Crippen molar-refractivity contribution in [3.05, 3.63) is 11.2 Å². The van der Waals surface area contributed by atoms with Crippen LogP contribution in [0.15, 0.2) is 6.20 Å². The summed E-state index contributed by atoms with van der Waals surface area (Å²) >= 11 is 6.11. The van der Waals surface area contributed by atoms with Crippen LogP contribution < -0.4 is 9.64 Å². The van der Waals surface area contributed by atoms with E-state index in [0.717, 1.165) is 0 Å². The van der Waals surface area contributed by atoms with Crippen LogP contribution in [0.3, 0.4) is 0 Å². The summed E-state index contributed by atoms with van der Waals surface area (Å²) in [7, 11) is 1.50. The molecule has 0 aliphatic carbocycles. The van der Waals surface area contributed by atoms with Crippen molar-refractivity contribution in [2.24, 2.45) is 0 Å². The molecule has 1 aromatic rings. The Morgan fingerprint density at radius 2 is 2.10 bits per heavy atom. The molecule has 2 rings (SSSR count). The molecule has 1 saturated heterocycles. The van der Waals surface area contributed by atoms with E-state index in [1.807, 2.05) is 9.80 Å². The number of rotatable bonds is 4. The second-order valence-corrected chi connectivity index (χ2v) is 4.97. The fraction of sp³-hybridized carbons (Fsp3) is 0.583. The Balaban J connectivity index is 2.05. The lowest BCUT2D eigenvalue weighted by Crippen LogP contribution is -2.52. The third-order valence-electron chi connectivity index (χ3n) is 3.40. The maximum Gasteiger partial charge on any atom is 0.320 e. The second kappa shape index (κ2) is 6.23. The number of piperazine rings is 1. The molecule has 0 saturated carbocycles. The first-order chi connectivity index (χ1) is 9.52. The summed E-state index contributed by atoms with van der Waals surface area (Å²) in [6.45, 7) is 4.32. The first-order valence-electron chi connectivity index (χ1n) is 6.31. The van der Waals surface area contributed by atoms with E-state index < -0.39 is 12.0 Å². The molecule has 0 aromatic carbocycles. The zero-order valence-corrected chi connectivity index (χ0v) is 12.2. The fourth-order valence-electron chi connectivity index (χ4n) is 2.14. The number of hydrogen-bond acceptors (Lipinski definition) is 6. The van der Waals surface area contributed by atoms with E-state index in [2.05, 4.69) is 9.97 Å². The van der Waals surface area contributed by atoms with Gasteiger partial charge in [-0.05, 0) is 6.92 Å². The summed E-state index contributed by atoms with van der Waals surface area (Å²) in [5.41, 5.74) is 0. The molecule has 0 bridgehead atoms. The van der Waals surface area contributed by atoms with E-state index in [4.69, 9.17) is 21.4 Å². The molecule has 2 heterocycles. The van der Waals surface area contributed by atoms with Crippen LogP contribution in [0.4, 0.5) is 5.82 Å². The van der Waals surface area contributed by atoms with Crippen LogP contribution in [0, 0.1) is 0 Å². The number of aliphatic carboxylic acids is 1. The topological polar surface area (TPSA) is 78.8 Å². The van der Waals surface area contributed by atoms with Crippen molar-refractivity contribution in [1.29, 1.82) is 0 Å². The highest BCUT2D eigenvalue weighted by Crippen LogP contribution is 2.25. The Kier molecular flexibility index (Phi) is 4.61. The minimum absolute atomic E-state index is 0.269. The number of carbonyl (C=O) groups is 1. The minimum atomic E-state index is -0.805. The number of carboxylic acid groups (broad SMARTS) is 1. The van der Waals surface area contributed by atoms with E-state index in [1.54, 1.807) is 6.92 Å². The first-order valence-corrected chi connectivity index (χ1v) is 6.69. The summed E-state index contributed by atoms with van der Waals surface area (Å²) in [6.07, 6.45) is 1.51. The first kappa shape index (κ1) is 14.8. The number of methoxy groups -OCH3 is 1. The van der Waals surface area contributed by atoms with Crippen molar-refractivity contribution < 1.29 is 14.6 Å². The average Bonchev–Trinajstić information content (AvgIpc) is 2.47. The highest BCUT2D eigenvalue weighted by Gasteiger charge is 2.26. The molecular weight excluding hydrogens is 284 g/mol. The van der Waals surface area contributed by atoms with Crippen LogP contribution in [-0.4, -0.2) is 65.3 Å². The van der Waals surface area contributed by atoms with E-state index in [-0.39, 0.29) is 6.01 Å². The van der Waals surface area contributed by atoms with Crippen molar-refractivity contribution in [2.45, 2.75) is 13.0 Å². The summed E-state index contributed by atoms with van der Waals surface area (Å²) < 4.78 is 5.00. The van der Waals surface area contributed by atoms with Gasteiger partial charge in [0.25, 0.3) is 0 Å². The third kappa shape index (κ3) is 3.10. The number of anilines is 1. The Morgan fingerprint density at radius 1 is 1.45 bits per heavy atom. The van der Waals surface area contributed by atoms with Gasteiger partial charge in [0.2, 0.25) is 0 Å². The van der Waals surface area contributed by atoms with E-state index >= 15 is 0 Å². The monoisotopic (exact) mass is 300 g/mol. The van der Waals surface area contributed by atoms with Gasteiger partial charge in [-0.2, -0.15) is 4.98 Å². The normalized spacial score (nSPS) is 17.9. The Labute approximate surface area is 122 Å². The molecule has 1 aliphatic heterocycles. The lowest BCUT2D eigenvalue weighted by atomic mass is 10.2. The highest BCUT2D eigenvalue weighted by atomic mass is 35.5. The van der Waals surface area contributed by atoms with Gasteiger partial charge in [-0.3, -0.25) is 9.69 Å². The molecule has 0 amide bonds. The molecule has 110 valence electrons. The molecule has 20 heavy (non-hydrogen) atoms. The number of nitrogens with zero attached hydrogens (tertiary/aromatic N) is 4. The Hall–Kier alpha value is -1.60. The van der Waals surface area contributed by atoms with Gasteiger partial charge in [0, 0.05) is 26.2 Å². The van der Waals surface area contributed by atoms with Crippen molar-refractivity contribution in [2.75, 3.05) is 38.2 Å². The maximum atomic E-state index is 11.0. The zero-order valence-electron chi connectivity index (χ0n) is 11.4. The van der Waals surface area contributed by atoms with Gasteiger partial charge < -0.3 is 14.7 Å². The van der Waals surface area contributed by atoms with Crippen LogP contribution in [0.25, 0.3) is 0 Å². The Bertz CT molecular complexity index is 492. The van der Waals surface area contributed by atoms with Gasteiger partial charge in [0.15, 0.2) is 5.82 Å². The predicted octanol–water partition coefficient (Wildman–Crippen LogP) is 0.734. The molecule has 1 aliphatic rings. The van der Waals surface area contributed by atoms with Crippen molar-refractivity contribution in [3.63, 3.8) is 0 Å². The quantitative estimate of drug-likeness (QED) is 0.878. The molecule has 1 aromatic heterocycles. The molecule has 1 N–H and O–H groups in total. The summed E-state index contributed by atoms with van der Waals surface area (Å²) in [5.74, 6) is -0.179. The molecule has 8 heteroatoms. The van der Waals surface area contributed by atoms with Gasteiger partial charge in [-0.15, -0.1) is 0 Å². The molecule has 0 radical (unpaired) electrons. The fourth-order valence-corrected chi connectivity index (χ4v) is 2.35. The summed E-state index contributed by atoms with van der Waals surface area (Å²) in [4.78, 5) is 23.1.